The van der Waals surface area contributed by atoms with Crippen LogP contribution in [0.1, 0.15) is 29.7 Å². The van der Waals surface area contributed by atoms with E-state index in [1.54, 1.807) is 30.1 Å². The first-order valence-electron chi connectivity index (χ1n) is 7.91. The van der Waals surface area contributed by atoms with Crippen LogP contribution in [0, 0.1) is 13.8 Å². The first kappa shape index (κ1) is 17.3. The highest BCUT2D eigenvalue weighted by Gasteiger charge is 2.20. The topological polar surface area (TPSA) is 76.9 Å². The molecule has 3 aromatic rings. The van der Waals surface area contributed by atoms with Gasteiger partial charge in [0.1, 0.15) is 12.7 Å². The van der Waals surface area contributed by atoms with Gasteiger partial charge in [-0.1, -0.05) is 29.8 Å². The summed E-state index contributed by atoms with van der Waals surface area (Å²) in [4.78, 5) is 4.22. The summed E-state index contributed by atoms with van der Waals surface area (Å²) in [5.74, 6) is 0. The van der Waals surface area contributed by atoms with E-state index in [9.17, 15) is 8.42 Å². The fourth-order valence-corrected chi connectivity index (χ4v) is 4.18. The highest BCUT2D eigenvalue weighted by atomic mass is 32.2. The molecule has 0 aliphatic heterocycles. The zero-order valence-corrected chi connectivity index (χ0v) is 15.2. The van der Waals surface area contributed by atoms with Gasteiger partial charge in [-0.2, -0.15) is 5.10 Å². The van der Waals surface area contributed by atoms with Crippen molar-refractivity contribution in [3.63, 3.8) is 0 Å². The maximum absolute atomic E-state index is 12.7. The summed E-state index contributed by atoms with van der Waals surface area (Å²) in [5.41, 5.74) is 3.51. The molecule has 1 N–H and O–H groups in total. The van der Waals surface area contributed by atoms with Crippen LogP contribution in [0.4, 0.5) is 0 Å². The quantitative estimate of drug-likeness (QED) is 0.762. The minimum Gasteiger partial charge on any atom is -0.223 e. The molecule has 7 heteroatoms. The van der Waals surface area contributed by atoms with E-state index < -0.39 is 10.0 Å². The second-order valence-electron chi connectivity index (χ2n) is 6.04. The predicted molar refractivity (Wildman–Crippen MR) is 96.0 cm³/mol. The summed E-state index contributed by atoms with van der Waals surface area (Å²) in [6, 6.07) is 12.5. The van der Waals surface area contributed by atoms with Crippen LogP contribution in [0.2, 0.25) is 0 Å². The third-order valence-corrected chi connectivity index (χ3v) is 5.73. The van der Waals surface area contributed by atoms with Crippen LogP contribution in [0.15, 0.2) is 60.0 Å². The van der Waals surface area contributed by atoms with Crippen LogP contribution in [0.3, 0.4) is 0 Å². The first-order valence-corrected chi connectivity index (χ1v) is 9.40. The van der Waals surface area contributed by atoms with Crippen molar-refractivity contribution in [3.8, 4) is 5.69 Å². The van der Waals surface area contributed by atoms with Crippen molar-refractivity contribution in [1.82, 2.24) is 19.5 Å². The molecule has 1 atom stereocenters. The summed E-state index contributed by atoms with van der Waals surface area (Å²) in [5, 5.41) is 4.07. The number of hydrogen-bond donors (Lipinski definition) is 1. The lowest BCUT2D eigenvalue weighted by Gasteiger charge is -2.16. The average Bonchev–Trinajstić information content (AvgIpc) is 3.08. The predicted octanol–water partition coefficient (Wildman–Crippen LogP) is 2.92. The fraction of sp³-hybridized carbons (Fsp3) is 0.222. The van der Waals surface area contributed by atoms with Crippen LogP contribution in [-0.2, 0) is 10.0 Å². The van der Waals surface area contributed by atoms with E-state index in [0.717, 1.165) is 22.4 Å². The maximum atomic E-state index is 12.7. The zero-order valence-electron chi connectivity index (χ0n) is 14.3. The molecule has 0 aliphatic rings. The molecule has 25 heavy (non-hydrogen) atoms. The van der Waals surface area contributed by atoms with Crippen LogP contribution >= 0.6 is 0 Å². The lowest BCUT2D eigenvalue weighted by Crippen LogP contribution is -2.27. The second-order valence-corrected chi connectivity index (χ2v) is 7.73. The molecule has 0 bridgehead atoms. The molecule has 0 unspecified atom stereocenters. The average molecular weight is 356 g/mol. The van der Waals surface area contributed by atoms with Crippen LogP contribution in [0.25, 0.3) is 5.69 Å². The van der Waals surface area contributed by atoms with Crippen molar-refractivity contribution in [2.45, 2.75) is 31.7 Å². The Bertz CT molecular complexity index is 965. The summed E-state index contributed by atoms with van der Waals surface area (Å²) in [7, 11) is -3.59. The smallest absolute Gasteiger partial charge is 0.223 e. The molecule has 0 aliphatic carbocycles. The van der Waals surface area contributed by atoms with Gasteiger partial charge in [-0.25, -0.2) is 22.8 Å². The molecule has 1 aromatic heterocycles. The maximum Gasteiger partial charge on any atom is 0.241 e. The number of hydrogen-bond acceptors (Lipinski definition) is 4. The standard InChI is InChI=1S/C18H20N4O2S/c1-13-4-9-18(14(2)10-13)25(23,24)21-15(3)16-5-7-17(8-6-16)22-12-19-11-20-22/h4-12,15,21H,1-3H3/t15-/m0/s1. The van der Waals surface area contributed by atoms with Gasteiger partial charge in [0.15, 0.2) is 0 Å². The van der Waals surface area contributed by atoms with Gasteiger partial charge in [0.25, 0.3) is 0 Å². The van der Waals surface area contributed by atoms with E-state index in [2.05, 4.69) is 14.8 Å². The fourth-order valence-electron chi connectivity index (χ4n) is 2.72. The van der Waals surface area contributed by atoms with Gasteiger partial charge in [0.2, 0.25) is 10.0 Å². The van der Waals surface area contributed by atoms with Gasteiger partial charge < -0.3 is 0 Å². The SMILES string of the molecule is Cc1ccc(S(=O)(=O)N[C@@H](C)c2ccc(-n3cncn3)cc2)c(C)c1. The van der Waals surface area contributed by atoms with Crippen LogP contribution in [-0.4, -0.2) is 23.2 Å². The van der Waals surface area contributed by atoms with E-state index >= 15 is 0 Å². The summed E-state index contributed by atoms with van der Waals surface area (Å²) < 4.78 is 29.7. The molecular formula is C18H20N4O2S. The van der Waals surface area contributed by atoms with Crippen molar-refractivity contribution >= 4 is 10.0 Å². The van der Waals surface area contributed by atoms with Crippen LogP contribution in [0.5, 0.6) is 0 Å². The zero-order chi connectivity index (χ0) is 18.0. The molecule has 0 radical (unpaired) electrons. The summed E-state index contributed by atoms with van der Waals surface area (Å²) in [6.45, 7) is 5.57. The molecule has 130 valence electrons. The largest absolute Gasteiger partial charge is 0.241 e. The molecule has 0 amide bonds. The third kappa shape index (κ3) is 3.78. The van der Waals surface area contributed by atoms with E-state index in [1.807, 2.05) is 44.2 Å². The van der Waals surface area contributed by atoms with Gasteiger partial charge in [-0.3, -0.25) is 0 Å². The Hall–Kier alpha value is -2.51. The number of benzene rings is 2. The molecular weight excluding hydrogens is 336 g/mol. The first-order chi connectivity index (χ1) is 11.9. The molecule has 0 spiro atoms. The van der Waals surface area contributed by atoms with Gasteiger partial charge in [-0.15, -0.1) is 0 Å². The number of nitrogens with zero attached hydrogens (tertiary/aromatic N) is 3. The van der Waals surface area contributed by atoms with Gasteiger partial charge in [0, 0.05) is 6.04 Å². The third-order valence-electron chi connectivity index (χ3n) is 4.03. The van der Waals surface area contributed by atoms with Gasteiger partial charge in [0.05, 0.1) is 10.6 Å². The lowest BCUT2D eigenvalue weighted by molar-refractivity contribution is 0.566. The van der Waals surface area contributed by atoms with Gasteiger partial charge >= 0.3 is 0 Å². The van der Waals surface area contributed by atoms with Crippen LogP contribution < -0.4 is 4.72 Å². The van der Waals surface area contributed by atoms with E-state index in [-0.39, 0.29) is 6.04 Å². The molecule has 2 aromatic carbocycles. The molecule has 0 saturated heterocycles. The molecule has 1 heterocycles. The monoisotopic (exact) mass is 356 g/mol. The Kier molecular flexibility index (Phi) is 4.69. The number of nitrogens with one attached hydrogen (secondary N) is 1. The Morgan fingerprint density at radius 1 is 1.08 bits per heavy atom. The van der Waals surface area contributed by atoms with Crippen molar-refractivity contribution in [1.29, 1.82) is 0 Å². The Morgan fingerprint density at radius 2 is 1.80 bits per heavy atom. The minimum atomic E-state index is -3.59. The highest BCUT2D eigenvalue weighted by molar-refractivity contribution is 7.89. The Balaban J connectivity index is 1.80. The van der Waals surface area contributed by atoms with E-state index in [4.69, 9.17) is 0 Å². The summed E-state index contributed by atoms with van der Waals surface area (Å²) >= 11 is 0. The molecule has 0 fully saturated rings. The van der Waals surface area contributed by atoms with Crippen molar-refractivity contribution < 1.29 is 8.42 Å². The normalized spacial score (nSPS) is 12.9. The van der Waals surface area contributed by atoms with E-state index in [1.165, 1.54) is 6.33 Å². The van der Waals surface area contributed by atoms with Gasteiger partial charge in [-0.05, 0) is 50.1 Å². The molecule has 6 nitrogen and oxygen atoms in total. The minimum absolute atomic E-state index is 0.309. The molecule has 3 rings (SSSR count). The number of aryl methyl sites for hydroxylation is 2. The second kappa shape index (κ2) is 6.78. The lowest BCUT2D eigenvalue weighted by atomic mass is 10.1. The van der Waals surface area contributed by atoms with E-state index in [0.29, 0.717) is 4.90 Å². The van der Waals surface area contributed by atoms with Crippen molar-refractivity contribution in [2.24, 2.45) is 0 Å². The summed E-state index contributed by atoms with van der Waals surface area (Å²) in [6.07, 6.45) is 3.08. The number of rotatable bonds is 5. The molecule has 0 saturated carbocycles. The highest BCUT2D eigenvalue weighted by Crippen LogP contribution is 2.21. The van der Waals surface area contributed by atoms with Crippen molar-refractivity contribution in [2.75, 3.05) is 0 Å². The van der Waals surface area contributed by atoms with Crippen molar-refractivity contribution in [3.05, 3.63) is 71.8 Å². The Morgan fingerprint density at radius 3 is 2.40 bits per heavy atom. The number of sulfonamides is 1. The number of aromatic nitrogens is 3. The Labute approximate surface area is 147 Å².